The summed E-state index contributed by atoms with van der Waals surface area (Å²) in [6.07, 6.45) is 4.51. The van der Waals surface area contributed by atoms with Gasteiger partial charge in [-0.05, 0) is 36.3 Å². The van der Waals surface area contributed by atoms with E-state index in [-0.39, 0.29) is 5.70 Å². The van der Waals surface area contributed by atoms with E-state index in [1.807, 2.05) is 0 Å². The standard InChI is InChI=1S/C19H19N3O4S/c1-13-11-16(21-18(23)24)19(27(2,25)26,15-8-4-3-5-9-15)22-17(13)14-7-6-10-20-12-14/h3-12,21-22H,1-2H3,(H,23,24). The zero-order valence-corrected chi connectivity index (χ0v) is 15.6. The quantitative estimate of drug-likeness (QED) is 0.746. The van der Waals surface area contributed by atoms with Gasteiger partial charge in [-0.3, -0.25) is 10.3 Å². The molecule has 7 nitrogen and oxygen atoms in total. The molecule has 0 saturated carbocycles. The molecule has 1 aliphatic heterocycles. The van der Waals surface area contributed by atoms with Crippen LogP contribution in [0.1, 0.15) is 18.1 Å². The fourth-order valence-electron chi connectivity index (χ4n) is 3.19. The van der Waals surface area contributed by atoms with Crippen LogP contribution >= 0.6 is 0 Å². The van der Waals surface area contributed by atoms with Gasteiger partial charge in [0, 0.05) is 29.9 Å². The summed E-state index contributed by atoms with van der Waals surface area (Å²) in [5.41, 5.74) is 2.37. The summed E-state index contributed by atoms with van der Waals surface area (Å²) in [6, 6.07) is 12.0. The third-order valence-corrected chi connectivity index (χ3v) is 6.03. The lowest BCUT2D eigenvalue weighted by Crippen LogP contribution is -2.54. The summed E-state index contributed by atoms with van der Waals surface area (Å²) >= 11 is 0. The van der Waals surface area contributed by atoms with E-state index in [2.05, 4.69) is 15.6 Å². The highest BCUT2D eigenvalue weighted by Gasteiger charge is 2.49. The number of pyridine rings is 1. The maximum Gasteiger partial charge on any atom is 0.409 e. The fraction of sp³-hybridized carbons (Fsp3) is 0.158. The first-order chi connectivity index (χ1) is 12.8. The SMILES string of the molecule is CC1=C(c2cccnc2)NC(c2ccccc2)(S(C)(=O)=O)C(NC(=O)O)=C1. The number of dihydropyridines is 1. The van der Waals surface area contributed by atoms with Gasteiger partial charge in [0.25, 0.3) is 0 Å². The summed E-state index contributed by atoms with van der Waals surface area (Å²) in [5, 5.41) is 14.6. The van der Waals surface area contributed by atoms with Gasteiger partial charge in [-0.2, -0.15) is 0 Å². The third kappa shape index (κ3) is 3.31. The summed E-state index contributed by atoms with van der Waals surface area (Å²) in [4.78, 5) is 13.7. The van der Waals surface area contributed by atoms with Gasteiger partial charge in [0.05, 0.1) is 5.70 Å². The maximum absolute atomic E-state index is 13.0. The predicted octanol–water partition coefficient (Wildman–Crippen LogP) is 2.46. The topological polar surface area (TPSA) is 108 Å². The zero-order valence-electron chi connectivity index (χ0n) is 14.8. The van der Waals surface area contributed by atoms with E-state index in [1.165, 1.54) is 0 Å². The Bertz CT molecular complexity index is 1030. The molecule has 0 aliphatic carbocycles. The van der Waals surface area contributed by atoms with E-state index in [1.54, 1.807) is 67.9 Å². The minimum atomic E-state index is -3.86. The number of hydrogen-bond donors (Lipinski definition) is 3. The molecule has 0 saturated heterocycles. The minimum Gasteiger partial charge on any atom is -0.465 e. The Morgan fingerprint density at radius 2 is 1.89 bits per heavy atom. The summed E-state index contributed by atoms with van der Waals surface area (Å²) in [6.45, 7) is 1.77. The molecule has 8 heteroatoms. The van der Waals surface area contributed by atoms with Gasteiger partial charge in [-0.1, -0.05) is 30.3 Å². The summed E-state index contributed by atoms with van der Waals surface area (Å²) in [7, 11) is -3.86. The van der Waals surface area contributed by atoms with Crippen molar-refractivity contribution >= 4 is 21.6 Å². The Balaban J connectivity index is 2.31. The highest BCUT2D eigenvalue weighted by atomic mass is 32.2. The molecule has 0 radical (unpaired) electrons. The number of aromatic nitrogens is 1. The molecule has 2 aromatic rings. The van der Waals surface area contributed by atoms with Crippen molar-refractivity contribution in [3.05, 3.63) is 83.3 Å². The Hall–Kier alpha value is -3.13. The van der Waals surface area contributed by atoms with Crippen LogP contribution in [0.5, 0.6) is 0 Å². The van der Waals surface area contributed by atoms with Crippen molar-refractivity contribution in [2.45, 2.75) is 11.8 Å². The number of allylic oxidation sites excluding steroid dienone is 2. The molecule has 1 amide bonds. The van der Waals surface area contributed by atoms with Crippen LogP contribution in [0.2, 0.25) is 0 Å². The molecule has 27 heavy (non-hydrogen) atoms. The second kappa shape index (κ2) is 6.88. The van der Waals surface area contributed by atoms with Crippen LogP contribution in [0.15, 0.2) is 72.2 Å². The van der Waals surface area contributed by atoms with Crippen molar-refractivity contribution < 1.29 is 18.3 Å². The molecule has 1 aliphatic rings. The molecule has 0 bridgehead atoms. The normalized spacial score (nSPS) is 19.9. The monoisotopic (exact) mass is 385 g/mol. The zero-order chi connectivity index (χ0) is 19.7. The van der Waals surface area contributed by atoms with Gasteiger partial charge in [0.2, 0.25) is 4.87 Å². The van der Waals surface area contributed by atoms with Crippen molar-refractivity contribution in [3.63, 3.8) is 0 Å². The number of hydrogen-bond acceptors (Lipinski definition) is 5. The molecule has 2 heterocycles. The number of carboxylic acid groups (broad SMARTS) is 1. The van der Waals surface area contributed by atoms with Crippen molar-refractivity contribution in [2.75, 3.05) is 6.26 Å². The molecule has 0 fully saturated rings. The Kier molecular flexibility index (Phi) is 4.75. The van der Waals surface area contributed by atoms with E-state index in [0.29, 0.717) is 22.4 Å². The van der Waals surface area contributed by atoms with Gasteiger partial charge in [0.15, 0.2) is 9.84 Å². The lowest BCUT2D eigenvalue weighted by Gasteiger charge is -2.40. The van der Waals surface area contributed by atoms with E-state index >= 15 is 0 Å². The molecule has 0 spiro atoms. The van der Waals surface area contributed by atoms with E-state index in [9.17, 15) is 18.3 Å². The van der Waals surface area contributed by atoms with Crippen LogP contribution in [-0.2, 0) is 14.7 Å². The molecule has 1 atom stereocenters. The first kappa shape index (κ1) is 18.7. The Morgan fingerprint density at radius 3 is 2.44 bits per heavy atom. The van der Waals surface area contributed by atoms with Gasteiger partial charge in [-0.15, -0.1) is 0 Å². The molecule has 1 unspecified atom stereocenters. The average molecular weight is 385 g/mol. The maximum atomic E-state index is 13.0. The molecule has 140 valence electrons. The van der Waals surface area contributed by atoms with Crippen LogP contribution < -0.4 is 10.6 Å². The van der Waals surface area contributed by atoms with Crippen molar-refractivity contribution in [1.29, 1.82) is 0 Å². The first-order valence-electron chi connectivity index (χ1n) is 8.12. The highest BCUT2D eigenvalue weighted by molar-refractivity contribution is 7.91. The van der Waals surface area contributed by atoms with Gasteiger partial charge in [0.1, 0.15) is 0 Å². The highest BCUT2D eigenvalue weighted by Crippen LogP contribution is 2.40. The lowest BCUT2D eigenvalue weighted by atomic mass is 9.94. The number of benzene rings is 1. The first-order valence-corrected chi connectivity index (χ1v) is 10.0. The average Bonchev–Trinajstić information content (AvgIpc) is 2.62. The second-order valence-electron chi connectivity index (χ2n) is 6.23. The smallest absolute Gasteiger partial charge is 0.409 e. The van der Waals surface area contributed by atoms with Crippen LogP contribution in [0, 0.1) is 0 Å². The summed E-state index contributed by atoms with van der Waals surface area (Å²) in [5.74, 6) is 0. The van der Waals surface area contributed by atoms with E-state index in [4.69, 9.17) is 0 Å². The van der Waals surface area contributed by atoms with Crippen LogP contribution in [0.3, 0.4) is 0 Å². The van der Waals surface area contributed by atoms with E-state index in [0.717, 1.165) is 6.26 Å². The number of carbonyl (C=O) groups is 1. The van der Waals surface area contributed by atoms with Crippen LogP contribution in [0.4, 0.5) is 4.79 Å². The molecular weight excluding hydrogens is 366 g/mol. The van der Waals surface area contributed by atoms with Gasteiger partial charge >= 0.3 is 6.09 Å². The molecule has 3 rings (SSSR count). The van der Waals surface area contributed by atoms with Gasteiger partial charge < -0.3 is 10.4 Å². The number of nitrogens with zero attached hydrogens (tertiary/aromatic N) is 1. The molecule has 1 aromatic heterocycles. The molecular formula is C19H19N3O4S. The summed E-state index contributed by atoms with van der Waals surface area (Å²) < 4.78 is 26.0. The number of rotatable bonds is 4. The van der Waals surface area contributed by atoms with Crippen molar-refractivity contribution in [1.82, 2.24) is 15.6 Å². The Morgan fingerprint density at radius 1 is 1.19 bits per heavy atom. The van der Waals surface area contributed by atoms with Crippen LogP contribution in [-0.4, -0.2) is 30.9 Å². The predicted molar refractivity (Wildman–Crippen MR) is 102 cm³/mol. The third-order valence-electron chi connectivity index (χ3n) is 4.36. The van der Waals surface area contributed by atoms with Crippen molar-refractivity contribution in [2.24, 2.45) is 0 Å². The second-order valence-corrected chi connectivity index (χ2v) is 8.39. The number of nitrogens with one attached hydrogen (secondary N) is 2. The van der Waals surface area contributed by atoms with Crippen LogP contribution in [0.25, 0.3) is 5.70 Å². The van der Waals surface area contributed by atoms with Gasteiger partial charge in [-0.25, -0.2) is 13.2 Å². The lowest BCUT2D eigenvalue weighted by molar-refractivity contribution is 0.196. The number of amides is 1. The minimum absolute atomic E-state index is 0.0221. The largest absolute Gasteiger partial charge is 0.465 e. The van der Waals surface area contributed by atoms with E-state index < -0.39 is 20.8 Å². The number of sulfone groups is 1. The molecule has 3 N–H and O–H groups in total. The fourth-order valence-corrected chi connectivity index (χ4v) is 4.55. The van der Waals surface area contributed by atoms with Crippen molar-refractivity contribution in [3.8, 4) is 0 Å². The molecule has 1 aromatic carbocycles. The Labute approximate surface area is 157 Å².